The summed E-state index contributed by atoms with van der Waals surface area (Å²) in [5, 5.41) is 14.7. The largest absolute Gasteiger partial charge is 0.478 e. The zero-order valence-electron chi connectivity index (χ0n) is 19.1. The van der Waals surface area contributed by atoms with E-state index in [2.05, 4.69) is 22.8 Å². The number of carboxylic acid groups (broad SMARTS) is 1. The van der Waals surface area contributed by atoms with Crippen LogP contribution in [0.4, 0.5) is 10.5 Å². The normalized spacial score (nSPS) is 12.9. The second-order valence-corrected chi connectivity index (χ2v) is 8.70. The number of benzene rings is 3. The zero-order chi connectivity index (χ0) is 24.9. The second kappa shape index (κ2) is 10.6. The molecule has 2 amide bonds. The van der Waals surface area contributed by atoms with E-state index in [1.54, 1.807) is 6.07 Å². The summed E-state index contributed by atoms with van der Waals surface area (Å²) in [6, 6.07) is 20.1. The predicted molar refractivity (Wildman–Crippen MR) is 134 cm³/mol. The highest BCUT2D eigenvalue weighted by Gasteiger charge is 2.29. The molecule has 35 heavy (non-hydrogen) atoms. The molecular formula is C27H25ClN2O5. The Kier molecular flexibility index (Phi) is 7.36. The van der Waals surface area contributed by atoms with Crippen LogP contribution in [0.1, 0.15) is 47.2 Å². The molecule has 3 aromatic carbocycles. The van der Waals surface area contributed by atoms with E-state index in [-0.39, 0.29) is 35.2 Å². The number of rotatable bonds is 8. The number of hydrogen-bond acceptors (Lipinski definition) is 4. The lowest BCUT2D eigenvalue weighted by Gasteiger charge is -2.19. The van der Waals surface area contributed by atoms with Crippen LogP contribution < -0.4 is 10.6 Å². The summed E-state index contributed by atoms with van der Waals surface area (Å²) in [6.07, 6.45) is -0.175. The average molecular weight is 493 g/mol. The lowest BCUT2D eigenvalue weighted by Crippen LogP contribution is -2.38. The molecule has 0 radical (unpaired) electrons. The van der Waals surface area contributed by atoms with Gasteiger partial charge in [0.2, 0.25) is 5.91 Å². The maximum absolute atomic E-state index is 12.6. The number of halogens is 1. The highest BCUT2D eigenvalue weighted by molar-refractivity contribution is 6.34. The number of hydrogen-bond donors (Lipinski definition) is 3. The Bertz CT molecular complexity index is 1230. The van der Waals surface area contributed by atoms with Crippen LogP contribution in [-0.2, 0) is 9.53 Å². The van der Waals surface area contributed by atoms with Crippen LogP contribution in [0.25, 0.3) is 11.1 Å². The quantitative estimate of drug-likeness (QED) is 0.375. The smallest absolute Gasteiger partial charge is 0.407 e. The fraction of sp³-hybridized carbons (Fsp3) is 0.222. The third-order valence-electron chi connectivity index (χ3n) is 6.09. The fourth-order valence-electron chi connectivity index (χ4n) is 4.37. The van der Waals surface area contributed by atoms with E-state index >= 15 is 0 Å². The zero-order valence-corrected chi connectivity index (χ0v) is 19.8. The molecule has 7 nitrogen and oxygen atoms in total. The Morgan fingerprint density at radius 2 is 1.60 bits per heavy atom. The average Bonchev–Trinajstić information content (AvgIpc) is 3.16. The maximum Gasteiger partial charge on any atom is 0.407 e. The van der Waals surface area contributed by atoms with Crippen molar-refractivity contribution in [3.63, 3.8) is 0 Å². The topological polar surface area (TPSA) is 105 Å². The highest BCUT2D eigenvalue weighted by Crippen LogP contribution is 2.44. The number of ether oxygens (including phenoxy) is 1. The van der Waals surface area contributed by atoms with Crippen molar-refractivity contribution in [1.29, 1.82) is 0 Å². The number of carbonyl (C=O) groups excluding carboxylic acids is 2. The molecular weight excluding hydrogens is 468 g/mol. The molecule has 180 valence electrons. The molecule has 8 heteroatoms. The van der Waals surface area contributed by atoms with Gasteiger partial charge in [-0.15, -0.1) is 0 Å². The summed E-state index contributed by atoms with van der Waals surface area (Å²) in [5.41, 5.74) is 4.43. The Morgan fingerprint density at radius 3 is 2.20 bits per heavy atom. The minimum atomic E-state index is -1.24. The molecule has 0 spiro atoms. The van der Waals surface area contributed by atoms with E-state index in [0.717, 1.165) is 22.3 Å². The Hall–Kier alpha value is -3.84. The molecule has 1 aliphatic carbocycles. The number of amides is 2. The van der Waals surface area contributed by atoms with Gasteiger partial charge in [-0.2, -0.15) is 0 Å². The van der Waals surface area contributed by atoms with E-state index in [1.807, 2.05) is 43.3 Å². The van der Waals surface area contributed by atoms with Gasteiger partial charge in [-0.25, -0.2) is 9.59 Å². The SMILES string of the molecule is CCC(CC(=O)Nc1cccc(Cl)c1C(=O)O)NC(=O)OCC1c2ccccc2-c2ccccc21. The van der Waals surface area contributed by atoms with Crippen LogP contribution in [0.2, 0.25) is 5.02 Å². The molecule has 1 aliphatic rings. The van der Waals surface area contributed by atoms with Gasteiger partial charge in [0.15, 0.2) is 0 Å². The summed E-state index contributed by atoms with van der Waals surface area (Å²) in [5.74, 6) is -1.75. The van der Waals surface area contributed by atoms with Crippen LogP contribution in [0, 0.1) is 0 Å². The third-order valence-corrected chi connectivity index (χ3v) is 6.41. The number of carbonyl (C=O) groups is 3. The van der Waals surface area contributed by atoms with E-state index in [4.69, 9.17) is 16.3 Å². The van der Waals surface area contributed by atoms with E-state index < -0.39 is 24.0 Å². The number of aromatic carboxylic acids is 1. The fourth-order valence-corrected chi connectivity index (χ4v) is 4.63. The van der Waals surface area contributed by atoms with Crippen molar-refractivity contribution >= 4 is 35.3 Å². The first kappa shape index (κ1) is 24.3. The number of fused-ring (bicyclic) bond motifs is 3. The summed E-state index contributed by atoms with van der Waals surface area (Å²) in [4.78, 5) is 36.6. The third kappa shape index (κ3) is 5.30. The summed E-state index contributed by atoms with van der Waals surface area (Å²) in [7, 11) is 0. The van der Waals surface area contributed by atoms with Gasteiger partial charge in [0, 0.05) is 18.4 Å². The van der Waals surface area contributed by atoms with E-state index in [9.17, 15) is 19.5 Å². The van der Waals surface area contributed by atoms with E-state index in [0.29, 0.717) is 6.42 Å². The summed E-state index contributed by atoms with van der Waals surface area (Å²) in [6.45, 7) is 2.01. The van der Waals surface area contributed by atoms with Crippen molar-refractivity contribution in [1.82, 2.24) is 5.32 Å². The van der Waals surface area contributed by atoms with Crippen molar-refractivity contribution < 1.29 is 24.2 Å². The molecule has 0 fully saturated rings. The lowest BCUT2D eigenvalue weighted by molar-refractivity contribution is -0.116. The first-order chi connectivity index (χ1) is 16.9. The minimum absolute atomic E-state index is 0.0269. The summed E-state index contributed by atoms with van der Waals surface area (Å²) < 4.78 is 5.56. The Morgan fingerprint density at radius 1 is 0.971 bits per heavy atom. The van der Waals surface area contributed by atoms with Crippen LogP contribution in [0.5, 0.6) is 0 Å². The van der Waals surface area contributed by atoms with Crippen molar-refractivity contribution in [2.75, 3.05) is 11.9 Å². The maximum atomic E-state index is 12.6. The van der Waals surface area contributed by atoms with Gasteiger partial charge in [-0.1, -0.05) is 73.1 Å². The summed E-state index contributed by atoms with van der Waals surface area (Å²) >= 11 is 5.96. The Balaban J connectivity index is 1.36. The highest BCUT2D eigenvalue weighted by atomic mass is 35.5. The first-order valence-corrected chi connectivity index (χ1v) is 11.7. The van der Waals surface area contributed by atoms with Gasteiger partial charge in [-0.05, 0) is 40.8 Å². The molecule has 0 aliphatic heterocycles. The van der Waals surface area contributed by atoms with Gasteiger partial charge < -0.3 is 20.5 Å². The van der Waals surface area contributed by atoms with E-state index in [1.165, 1.54) is 12.1 Å². The number of carboxylic acids is 1. The second-order valence-electron chi connectivity index (χ2n) is 8.29. The van der Waals surface area contributed by atoms with Crippen LogP contribution in [-0.4, -0.2) is 35.7 Å². The number of anilines is 1. The molecule has 1 atom stereocenters. The van der Waals surface area contributed by atoms with Gasteiger partial charge in [0.1, 0.15) is 12.2 Å². The molecule has 0 aromatic heterocycles. The first-order valence-electron chi connectivity index (χ1n) is 11.3. The lowest BCUT2D eigenvalue weighted by atomic mass is 9.98. The minimum Gasteiger partial charge on any atom is -0.478 e. The van der Waals surface area contributed by atoms with Gasteiger partial charge >= 0.3 is 12.1 Å². The number of nitrogens with one attached hydrogen (secondary N) is 2. The molecule has 0 saturated carbocycles. The van der Waals surface area contributed by atoms with Crippen LogP contribution in [0.3, 0.4) is 0 Å². The Labute approximate surface area is 208 Å². The van der Waals surface area contributed by atoms with Crippen molar-refractivity contribution in [2.45, 2.75) is 31.7 Å². The molecule has 4 rings (SSSR count). The predicted octanol–water partition coefficient (Wildman–Crippen LogP) is 5.68. The monoisotopic (exact) mass is 492 g/mol. The molecule has 0 saturated heterocycles. The molecule has 0 bridgehead atoms. The molecule has 0 heterocycles. The van der Waals surface area contributed by atoms with Crippen molar-refractivity contribution in [3.8, 4) is 11.1 Å². The van der Waals surface area contributed by atoms with Crippen molar-refractivity contribution in [3.05, 3.63) is 88.4 Å². The standard InChI is InChI=1S/C27H25ClN2O5/c1-2-16(14-24(31)30-23-13-7-12-22(28)25(23)26(32)33)29-27(34)35-15-21-19-10-5-3-8-17(19)18-9-4-6-11-20(18)21/h3-13,16,21H,2,14-15H2,1H3,(H,29,34)(H,30,31)(H,32,33). The number of alkyl carbamates (subject to hydrolysis) is 1. The van der Waals surface area contributed by atoms with Gasteiger partial charge in [-0.3, -0.25) is 4.79 Å². The molecule has 3 N–H and O–H groups in total. The molecule has 1 unspecified atom stereocenters. The van der Waals surface area contributed by atoms with Gasteiger partial charge in [0.25, 0.3) is 0 Å². The molecule has 3 aromatic rings. The van der Waals surface area contributed by atoms with Crippen LogP contribution >= 0.6 is 11.6 Å². The van der Waals surface area contributed by atoms with Gasteiger partial charge in [0.05, 0.1) is 10.7 Å². The van der Waals surface area contributed by atoms with Crippen molar-refractivity contribution in [2.24, 2.45) is 0 Å². The van der Waals surface area contributed by atoms with Crippen LogP contribution in [0.15, 0.2) is 66.7 Å².